The third-order valence-corrected chi connectivity index (χ3v) is 6.16. The third-order valence-electron chi connectivity index (χ3n) is 6.16. The molecule has 1 aromatic carbocycles. The lowest BCUT2D eigenvalue weighted by atomic mass is 9.69. The summed E-state index contributed by atoms with van der Waals surface area (Å²) in [6.07, 6.45) is 13.7. The topological polar surface area (TPSA) is 53.9 Å². The number of hydrogen-bond donors (Lipinski definition) is 1. The van der Waals surface area contributed by atoms with Crippen LogP contribution in [0, 0.1) is 24.2 Å². The molecule has 2 saturated carbocycles. The molecule has 3 atom stereocenters. The first-order valence-corrected chi connectivity index (χ1v) is 9.73. The summed E-state index contributed by atoms with van der Waals surface area (Å²) in [6, 6.07) is 10.2. The van der Waals surface area contributed by atoms with Crippen LogP contribution in [0.15, 0.2) is 30.3 Å². The van der Waals surface area contributed by atoms with Gasteiger partial charge in [-0.15, -0.1) is 12.3 Å². The standard InChI is InChI=1S/C22H29NO2.CH4/c1-2-17-16-20(19(17)12-15-23)25-21(24)22(13-8-3-4-9-14-22)18-10-6-5-7-11-18;/h1,5-7,10-11,17,19-20H,3-4,8-9,12-16,23H2;1H4/p+1. The molecule has 142 valence electrons. The van der Waals surface area contributed by atoms with E-state index < -0.39 is 5.41 Å². The second kappa shape index (κ2) is 9.24. The average Bonchev–Trinajstić information content (AvgIpc) is 2.90. The lowest BCUT2D eigenvalue weighted by molar-refractivity contribution is -0.372. The lowest BCUT2D eigenvalue weighted by Gasteiger charge is -2.43. The zero-order chi connectivity index (χ0) is 17.7. The summed E-state index contributed by atoms with van der Waals surface area (Å²) in [4.78, 5) is 13.3. The van der Waals surface area contributed by atoms with E-state index in [1.165, 1.54) is 12.8 Å². The Hall–Kier alpha value is -1.79. The summed E-state index contributed by atoms with van der Waals surface area (Å²) in [5, 5.41) is 0. The minimum Gasteiger partial charge on any atom is -0.461 e. The number of hydrogen-bond acceptors (Lipinski definition) is 2. The number of carbonyl (C=O) groups excluding carboxylic acids is 1. The molecule has 2 fully saturated rings. The van der Waals surface area contributed by atoms with Gasteiger partial charge in [0.05, 0.1) is 12.0 Å². The molecular weight excluding hydrogens is 322 g/mol. The molecule has 2 aliphatic rings. The van der Waals surface area contributed by atoms with E-state index in [2.05, 4.69) is 23.8 Å². The molecule has 3 unspecified atom stereocenters. The smallest absolute Gasteiger partial charge is 0.316 e. The fraction of sp³-hybridized carbons (Fsp3) is 0.609. The van der Waals surface area contributed by atoms with Crippen molar-refractivity contribution in [3.05, 3.63) is 35.9 Å². The van der Waals surface area contributed by atoms with Gasteiger partial charge in [-0.1, -0.05) is 63.4 Å². The molecule has 0 radical (unpaired) electrons. The summed E-state index contributed by atoms with van der Waals surface area (Å²) in [5.74, 6) is 3.34. The van der Waals surface area contributed by atoms with Crippen molar-refractivity contribution < 1.29 is 15.3 Å². The van der Waals surface area contributed by atoms with Gasteiger partial charge < -0.3 is 10.5 Å². The van der Waals surface area contributed by atoms with Crippen LogP contribution in [-0.4, -0.2) is 18.6 Å². The highest BCUT2D eigenvalue weighted by atomic mass is 16.5. The maximum atomic E-state index is 13.3. The first kappa shape index (κ1) is 20.5. The van der Waals surface area contributed by atoms with E-state index in [9.17, 15) is 4.79 Å². The van der Waals surface area contributed by atoms with Gasteiger partial charge in [0.15, 0.2) is 0 Å². The molecule has 0 spiro atoms. The number of quaternary nitrogens is 1. The SMILES string of the molecule is C.C#CC1CC(OC(=O)C2(c3ccccc3)CCCCCC2)C1CC[NH3+]. The maximum Gasteiger partial charge on any atom is 0.316 e. The molecule has 3 heteroatoms. The predicted octanol–water partition coefficient (Wildman–Crippen LogP) is 3.73. The number of terminal acetylenes is 1. The van der Waals surface area contributed by atoms with E-state index >= 15 is 0 Å². The third kappa shape index (κ3) is 3.96. The quantitative estimate of drug-likeness (QED) is 0.496. The molecule has 2 aliphatic carbocycles. The van der Waals surface area contributed by atoms with Crippen molar-refractivity contribution in [2.45, 2.75) is 70.3 Å². The van der Waals surface area contributed by atoms with Crippen molar-refractivity contribution >= 4 is 5.97 Å². The van der Waals surface area contributed by atoms with Crippen LogP contribution in [0.1, 0.15) is 64.4 Å². The number of ether oxygens (including phenoxy) is 1. The van der Waals surface area contributed by atoms with Crippen LogP contribution in [0.3, 0.4) is 0 Å². The van der Waals surface area contributed by atoms with E-state index in [1.807, 2.05) is 18.2 Å². The molecule has 0 heterocycles. The Balaban J connectivity index is 0.00000243. The largest absolute Gasteiger partial charge is 0.461 e. The minimum absolute atomic E-state index is 0. The van der Waals surface area contributed by atoms with E-state index in [-0.39, 0.29) is 31.3 Å². The molecule has 0 aromatic heterocycles. The Morgan fingerprint density at radius 3 is 2.42 bits per heavy atom. The molecule has 3 rings (SSSR count). The molecular formula is C23H34NO2+. The van der Waals surface area contributed by atoms with Crippen molar-refractivity contribution in [2.75, 3.05) is 6.54 Å². The van der Waals surface area contributed by atoms with Crippen LogP contribution < -0.4 is 5.73 Å². The van der Waals surface area contributed by atoms with Crippen LogP contribution in [0.2, 0.25) is 0 Å². The van der Waals surface area contributed by atoms with Gasteiger partial charge in [-0.25, -0.2) is 0 Å². The predicted molar refractivity (Wildman–Crippen MR) is 105 cm³/mol. The Morgan fingerprint density at radius 2 is 1.85 bits per heavy atom. The van der Waals surface area contributed by atoms with Crippen LogP contribution in [0.25, 0.3) is 0 Å². The number of esters is 1. The molecule has 1 aromatic rings. The Labute approximate surface area is 158 Å². The van der Waals surface area contributed by atoms with Crippen molar-refractivity contribution in [1.82, 2.24) is 0 Å². The molecule has 0 aliphatic heterocycles. The molecule has 3 nitrogen and oxygen atoms in total. The van der Waals surface area contributed by atoms with Crippen molar-refractivity contribution in [2.24, 2.45) is 11.8 Å². The maximum absolute atomic E-state index is 13.3. The Morgan fingerprint density at radius 1 is 1.19 bits per heavy atom. The van der Waals surface area contributed by atoms with Crippen LogP contribution in [0.4, 0.5) is 0 Å². The Bertz CT molecular complexity index is 611. The highest BCUT2D eigenvalue weighted by molar-refractivity contribution is 5.83. The summed E-state index contributed by atoms with van der Waals surface area (Å²) in [5.41, 5.74) is 4.58. The number of carbonyl (C=O) groups is 1. The molecule has 0 saturated heterocycles. The van der Waals surface area contributed by atoms with E-state index in [0.717, 1.165) is 50.6 Å². The second-order valence-electron chi connectivity index (χ2n) is 7.62. The average molecular weight is 357 g/mol. The van der Waals surface area contributed by atoms with Crippen molar-refractivity contribution in [3.8, 4) is 12.3 Å². The molecule has 3 N–H and O–H groups in total. The first-order chi connectivity index (χ1) is 12.2. The summed E-state index contributed by atoms with van der Waals surface area (Å²) >= 11 is 0. The fourth-order valence-corrected chi connectivity index (χ4v) is 4.56. The van der Waals surface area contributed by atoms with Crippen molar-refractivity contribution in [1.29, 1.82) is 0 Å². The van der Waals surface area contributed by atoms with Gasteiger partial charge in [0.1, 0.15) is 6.10 Å². The Kier molecular flexibility index (Phi) is 7.29. The summed E-state index contributed by atoms with van der Waals surface area (Å²) in [7, 11) is 0. The van der Waals surface area contributed by atoms with Gasteiger partial charge in [0, 0.05) is 18.3 Å². The molecule has 26 heavy (non-hydrogen) atoms. The zero-order valence-electron chi connectivity index (χ0n) is 15.1. The van der Waals surface area contributed by atoms with Crippen LogP contribution in [0.5, 0.6) is 0 Å². The molecule has 0 amide bonds. The van der Waals surface area contributed by atoms with Gasteiger partial charge in [-0.3, -0.25) is 4.79 Å². The van der Waals surface area contributed by atoms with E-state index in [0.29, 0.717) is 0 Å². The highest BCUT2D eigenvalue weighted by Crippen LogP contribution is 2.43. The van der Waals surface area contributed by atoms with Gasteiger partial charge in [-0.2, -0.15) is 0 Å². The van der Waals surface area contributed by atoms with Crippen LogP contribution in [-0.2, 0) is 14.9 Å². The second-order valence-corrected chi connectivity index (χ2v) is 7.62. The van der Waals surface area contributed by atoms with E-state index in [4.69, 9.17) is 11.2 Å². The number of rotatable bonds is 5. The first-order valence-electron chi connectivity index (χ1n) is 9.73. The van der Waals surface area contributed by atoms with Gasteiger partial charge in [0.25, 0.3) is 0 Å². The van der Waals surface area contributed by atoms with Gasteiger partial charge >= 0.3 is 5.97 Å². The summed E-state index contributed by atoms with van der Waals surface area (Å²) < 4.78 is 6.07. The van der Waals surface area contributed by atoms with Gasteiger partial charge in [0.2, 0.25) is 0 Å². The van der Waals surface area contributed by atoms with Gasteiger partial charge in [-0.05, 0) is 24.8 Å². The van der Waals surface area contributed by atoms with Crippen molar-refractivity contribution in [3.63, 3.8) is 0 Å². The molecule has 0 bridgehead atoms. The van der Waals surface area contributed by atoms with Crippen LogP contribution >= 0.6 is 0 Å². The fourth-order valence-electron chi connectivity index (χ4n) is 4.56. The van der Waals surface area contributed by atoms with E-state index in [1.54, 1.807) is 0 Å². The monoisotopic (exact) mass is 356 g/mol. The zero-order valence-corrected chi connectivity index (χ0v) is 15.1. The number of benzene rings is 1. The summed E-state index contributed by atoms with van der Waals surface area (Å²) in [6.45, 7) is 0.834. The highest BCUT2D eigenvalue weighted by Gasteiger charge is 2.47. The lowest BCUT2D eigenvalue weighted by Crippen LogP contribution is -2.55. The normalized spacial score (nSPS) is 27.2. The minimum atomic E-state index is -0.478.